The summed E-state index contributed by atoms with van der Waals surface area (Å²) in [5.41, 5.74) is -0.159. The number of furan rings is 1. The fourth-order valence-electron chi connectivity index (χ4n) is 1.63. The van der Waals surface area contributed by atoms with Gasteiger partial charge in [-0.15, -0.1) is 0 Å². The highest BCUT2D eigenvalue weighted by molar-refractivity contribution is 6.03. The van der Waals surface area contributed by atoms with E-state index in [4.69, 9.17) is 9.52 Å². The van der Waals surface area contributed by atoms with Gasteiger partial charge in [-0.05, 0) is 6.42 Å². The van der Waals surface area contributed by atoms with E-state index in [1.807, 2.05) is 0 Å². The first kappa shape index (κ1) is 12.8. The van der Waals surface area contributed by atoms with Gasteiger partial charge in [-0.1, -0.05) is 0 Å². The number of aromatic carboxylic acids is 1. The summed E-state index contributed by atoms with van der Waals surface area (Å²) in [6, 6.07) is 0.229. The van der Waals surface area contributed by atoms with Gasteiger partial charge in [0.2, 0.25) is 11.8 Å². The molecule has 0 spiro atoms. The Labute approximate surface area is 106 Å². The van der Waals surface area contributed by atoms with Crippen molar-refractivity contribution < 1.29 is 28.7 Å². The molecule has 0 aromatic carbocycles. The number of nitrogens with one attached hydrogen (secondary N) is 2. The Hall–Kier alpha value is -2.64. The molecule has 0 radical (unpaired) electrons. The van der Waals surface area contributed by atoms with Gasteiger partial charge < -0.3 is 14.8 Å². The Balaban J connectivity index is 2.02. The highest BCUT2D eigenvalue weighted by atomic mass is 16.4. The molecule has 0 saturated carbocycles. The molecule has 1 aliphatic rings. The highest BCUT2D eigenvalue weighted by Crippen LogP contribution is 2.10. The molecule has 1 unspecified atom stereocenters. The van der Waals surface area contributed by atoms with Gasteiger partial charge in [-0.25, -0.2) is 4.79 Å². The number of hydrogen-bond acceptors (Lipinski definition) is 5. The first-order chi connectivity index (χ1) is 8.97. The molecule has 3 N–H and O–H groups in total. The summed E-state index contributed by atoms with van der Waals surface area (Å²) in [5, 5.41) is 13.1. The van der Waals surface area contributed by atoms with Crippen LogP contribution in [0.5, 0.6) is 0 Å². The lowest BCUT2D eigenvalue weighted by Crippen LogP contribution is -2.52. The second-order valence-electron chi connectivity index (χ2n) is 3.98. The normalized spacial score (nSPS) is 18.8. The van der Waals surface area contributed by atoms with Crippen LogP contribution in [-0.2, 0) is 9.59 Å². The number of carboxylic acids is 1. The Kier molecular flexibility index (Phi) is 3.32. The molecular weight excluding hydrogens is 256 g/mol. The molecule has 19 heavy (non-hydrogen) atoms. The zero-order valence-electron chi connectivity index (χ0n) is 9.63. The lowest BCUT2D eigenvalue weighted by atomic mass is 10.1. The van der Waals surface area contributed by atoms with E-state index in [0.29, 0.717) is 0 Å². The minimum atomic E-state index is -1.22. The fraction of sp³-hybridized carbons (Fsp3) is 0.273. The maximum absolute atomic E-state index is 11.7. The van der Waals surface area contributed by atoms with Crippen LogP contribution in [0, 0.1) is 0 Å². The van der Waals surface area contributed by atoms with Crippen LogP contribution in [0.15, 0.2) is 16.7 Å². The smallest absolute Gasteiger partial charge is 0.338 e. The van der Waals surface area contributed by atoms with E-state index < -0.39 is 23.8 Å². The number of carbonyl (C=O) groups excluding carboxylic acids is 3. The lowest BCUT2D eigenvalue weighted by molar-refractivity contribution is -0.134. The standard InChI is InChI=1S/C11H10N2O6/c14-8-2-1-6(9(15)13-8)12-10(16)7-3-5(4-19-7)11(17)18/h3-4,6H,1-2H2,(H,12,16)(H,17,18)(H,13,14,15). The van der Waals surface area contributed by atoms with Crippen molar-refractivity contribution in [3.05, 3.63) is 23.7 Å². The second kappa shape index (κ2) is 4.92. The summed E-state index contributed by atoms with van der Waals surface area (Å²) in [7, 11) is 0. The van der Waals surface area contributed by atoms with E-state index in [-0.39, 0.29) is 30.1 Å². The molecule has 1 fully saturated rings. The number of piperidine rings is 1. The van der Waals surface area contributed by atoms with Crippen molar-refractivity contribution in [2.45, 2.75) is 18.9 Å². The third kappa shape index (κ3) is 2.79. The molecule has 1 aromatic rings. The Morgan fingerprint density at radius 1 is 1.42 bits per heavy atom. The van der Waals surface area contributed by atoms with Crippen molar-refractivity contribution >= 4 is 23.7 Å². The first-order valence-corrected chi connectivity index (χ1v) is 5.44. The van der Waals surface area contributed by atoms with E-state index in [0.717, 1.165) is 12.3 Å². The monoisotopic (exact) mass is 266 g/mol. The number of carboxylic acid groups (broad SMARTS) is 1. The molecule has 0 aliphatic carbocycles. The summed E-state index contributed by atoms with van der Waals surface area (Å²) in [6.07, 6.45) is 1.26. The quantitative estimate of drug-likeness (QED) is 0.634. The topological polar surface area (TPSA) is 126 Å². The van der Waals surface area contributed by atoms with Gasteiger partial charge in [-0.3, -0.25) is 19.7 Å². The average molecular weight is 266 g/mol. The van der Waals surface area contributed by atoms with E-state index in [1.165, 1.54) is 0 Å². The van der Waals surface area contributed by atoms with E-state index in [9.17, 15) is 19.2 Å². The molecule has 1 atom stereocenters. The van der Waals surface area contributed by atoms with Crippen LogP contribution >= 0.6 is 0 Å². The SMILES string of the molecule is O=C1CCC(NC(=O)c2cc(C(=O)O)co2)C(=O)N1. The zero-order chi connectivity index (χ0) is 14.0. The van der Waals surface area contributed by atoms with E-state index in [1.54, 1.807) is 0 Å². The number of rotatable bonds is 3. The summed E-state index contributed by atoms with van der Waals surface area (Å²) in [6.45, 7) is 0. The maximum atomic E-state index is 11.7. The molecule has 1 aliphatic heterocycles. The van der Waals surface area contributed by atoms with Gasteiger partial charge in [0.15, 0.2) is 5.76 Å². The fourth-order valence-corrected chi connectivity index (χ4v) is 1.63. The van der Waals surface area contributed by atoms with Gasteiger partial charge in [0.25, 0.3) is 5.91 Å². The Morgan fingerprint density at radius 3 is 2.74 bits per heavy atom. The van der Waals surface area contributed by atoms with E-state index in [2.05, 4.69) is 10.6 Å². The summed E-state index contributed by atoms with van der Waals surface area (Å²) in [4.78, 5) is 44.7. The van der Waals surface area contributed by atoms with Gasteiger partial charge >= 0.3 is 5.97 Å². The predicted molar refractivity (Wildman–Crippen MR) is 59.3 cm³/mol. The van der Waals surface area contributed by atoms with Gasteiger partial charge in [0.1, 0.15) is 12.3 Å². The largest absolute Gasteiger partial charge is 0.478 e. The van der Waals surface area contributed by atoms with Crippen LogP contribution < -0.4 is 10.6 Å². The van der Waals surface area contributed by atoms with Crippen molar-refractivity contribution in [1.29, 1.82) is 0 Å². The average Bonchev–Trinajstić information content (AvgIpc) is 2.82. The van der Waals surface area contributed by atoms with Crippen LogP contribution in [0.4, 0.5) is 0 Å². The Morgan fingerprint density at radius 2 is 2.16 bits per heavy atom. The predicted octanol–water partition coefficient (Wildman–Crippen LogP) is -0.487. The van der Waals surface area contributed by atoms with Gasteiger partial charge in [0, 0.05) is 12.5 Å². The third-order valence-electron chi connectivity index (χ3n) is 2.61. The minimum absolute atomic E-state index is 0.134. The second-order valence-corrected chi connectivity index (χ2v) is 3.98. The molecular formula is C11H10N2O6. The van der Waals surface area contributed by atoms with Crippen LogP contribution in [0.25, 0.3) is 0 Å². The molecule has 2 rings (SSSR count). The van der Waals surface area contributed by atoms with Gasteiger partial charge in [-0.2, -0.15) is 0 Å². The molecule has 0 bridgehead atoms. The minimum Gasteiger partial charge on any atom is -0.478 e. The van der Waals surface area contributed by atoms with Gasteiger partial charge in [0.05, 0.1) is 5.56 Å². The van der Waals surface area contributed by atoms with Crippen LogP contribution in [0.1, 0.15) is 33.8 Å². The Bertz CT molecular complexity index is 561. The molecule has 3 amide bonds. The summed E-state index contributed by atoms with van der Waals surface area (Å²) < 4.78 is 4.79. The molecule has 1 aromatic heterocycles. The first-order valence-electron chi connectivity index (χ1n) is 5.44. The van der Waals surface area contributed by atoms with Crippen molar-refractivity contribution in [1.82, 2.24) is 10.6 Å². The van der Waals surface area contributed by atoms with Crippen LogP contribution in [-0.4, -0.2) is 34.8 Å². The van der Waals surface area contributed by atoms with Crippen molar-refractivity contribution in [2.24, 2.45) is 0 Å². The van der Waals surface area contributed by atoms with Crippen molar-refractivity contribution in [3.63, 3.8) is 0 Å². The number of carbonyl (C=O) groups is 4. The summed E-state index contributed by atoms with van der Waals surface area (Å²) >= 11 is 0. The van der Waals surface area contributed by atoms with Crippen LogP contribution in [0.2, 0.25) is 0 Å². The van der Waals surface area contributed by atoms with Crippen LogP contribution in [0.3, 0.4) is 0 Å². The number of imide groups is 1. The molecule has 8 heteroatoms. The highest BCUT2D eigenvalue weighted by Gasteiger charge is 2.29. The number of hydrogen-bond donors (Lipinski definition) is 3. The zero-order valence-corrected chi connectivity index (χ0v) is 9.63. The molecule has 8 nitrogen and oxygen atoms in total. The van der Waals surface area contributed by atoms with Crippen molar-refractivity contribution in [3.8, 4) is 0 Å². The molecule has 2 heterocycles. The lowest BCUT2D eigenvalue weighted by Gasteiger charge is -2.21. The third-order valence-corrected chi connectivity index (χ3v) is 2.61. The van der Waals surface area contributed by atoms with Crippen molar-refractivity contribution in [2.75, 3.05) is 0 Å². The molecule has 100 valence electrons. The maximum Gasteiger partial charge on any atom is 0.338 e. The number of amides is 3. The molecule has 1 saturated heterocycles. The van der Waals surface area contributed by atoms with E-state index >= 15 is 0 Å². The summed E-state index contributed by atoms with van der Waals surface area (Å²) in [5.74, 6) is -3.11.